The molecular formula is C25H31N3O2S2. The lowest BCUT2D eigenvalue weighted by Crippen LogP contribution is -2.48. The van der Waals surface area contributed by atoms with Gasteiger partial charge in [-0.15, -0.1) is 11.3 Å². The molecule has 0 atom stereocenters. The summed E-state index contributed by atoms with van der Waals surface area (Å²) in [5, 5.41) is 3.04. The van der Waals surface area contributed by atoms with Gasteiger partial charge < -0.3 is 4.90 Å². The third-order valence-corrected chi connectivity index (χ3v) is 8.69. The minimum atomic E-state index is -3.49. The van der Waals surface area contributed by atoms with Crippen LogP contribution in [-0.4, -0.2) is 43.9 Å². The van der Waals surface area contributed by atoms with Gasteiger partial charge in [-0.05, 0) is 49.1 Å². The van der Waals surface area contributed by atoms with E-state index in [4.69, 9.17) is 4.98 Å². The fourth-order valence-corrected chi connectivity index (χ4v) is 6.37. The molecule has 1 saturated heterocycles. The number of thiazole rings is 1. The normalized spacial score (nSPS) is 15.8. The lowest BCUT2D eigenvalue weighted by atomic mass is 9.87. The van der Waals surface area contributed by atoms with Crippen LogP contribution < -0.4 is 4.90 Å². The zero-order valence-electron chi connectivity index (χ0n) is 19.4. The SMILES string of the molecule is Cc1cc(C)cc(-c2csc(N3CCN(S(=O)(=O)c4ccc(C(C)(C)C)cc4)CC3)n2)c1. The molecule has 0 bridgehead atoms. The van der Waals surface area contributed by atoms with Crippen LogP contribution in [0.1, 0.15) is 37.5 Å². The van der Waals surface area contributed by atoms with Crippen LogP contribution in [0.15, 0.2) is 52.7 Å². The number of benzene rings is 2. The molecule has 170 valence electrons. The predicted molar refractivity (Wildman–Crippen MR) is 133 cm³/mol. The monoisotopic (exact) mass is 469 g/mol. The summed E-state index contributed by atoms with van der Waals surface area (Å²) >= 11 is 1.62. The van der Waals surface area contributed by atoms with E-state index in [0.717, 1.165) is 22.0 Å². The van der Waals surface area contributed by atoms with Crippen molar-refractivity contribution in [2.75, 3.05) is 31.1 Å². The van der Waals surface area contributed by atoms with Crippen molar-refractivity contribution in [3.63, 3.8) is 0 Å². The largest absolute Gasteiger partial charge is 0.345 e. The quantitative estimate of drug-likeness (QED) is 0.525. The number of hydrogen-bond donors (Lipinski definition) is 0. The number of piperazine rings is 1. The van der Waals surface area contributed by atoms with Crippen LogP contribution in [0.5, 0.6) is 0 Å². The minimum absolute atomic E-state index is 0.00236. The van der Waals surface area contributed by atoms with Gasteiger partial charge in [0.05, 0.1) is 10.6 Å². The molecule has 0 amide bonds. The van der Waals surface area contributed by atoms with Crippen molar-refractivity contribution in [2.45, 2.75) is 44.9 Å². The Balaban J connectivity index is 1.44. The second-order valence-electron chi connectivity index (χ2n) is 9.56. The van der Waals surface area contributed by atoms with Crippen LogP contribution >= 0.6 is 11.3 Å². The van der Waals surface area contributed by atoms with E-state index < -0.39 is 10.0 Å². The highest BCUT2D eigenvalue weighted by atomic mass is 32.2. The van der Waals surface area contributed by atoms with E-state index in [9.17, 15) is 8.42 Å². The Hall–Kier alpha value is -2.22. The molecule has 0 saturated carbocycles. The van der Waals surface area contributed by atoms with Crippen molar-refractivity contribution in [3.8, 4) is 11.3 Å². The first-order chi connectivity index (χ1) is 15.0. The third kappa shape index (κ3) is 4.75. The maximum absolute atomic E-state index is 13.1. The Morgan fingerprint density at radius 2 is 1.50 bits per heavy atom. The first-order valence-electron chi connectivity index (χ1n) is 10.9. The summed E-state index contributed by atoms with van der Waals surface area (Å²) in [7, 11) is -3.49. The average Bonchev–Trinajstić information content (AvgIpc) is 3.23. The molecule has 7 heteroatoms. The van der Waals surface area contributed by atoms with Crippen molar-refractivity contribution >= 4 is 26.5 Å². The molecule has 32 heavy (non-hydrogen) atoms. The summed E-state index contributed by atoms with van der Waals surface area (Å²) in [6.45, 7) is 12.8. The van der Waals surface area contributed by atoms with Crippen molar-refractivity contribution in [1.82, 2.24) is 9.29 Å². The highest BCUT2D eigenvalue weighted by Crippen LogP contribution is 2.30. The van der Waals surface area contributed by atoms with Gasteiger partial charge >= 0.3 is 0 Å². The van der Waals surface area contributed by atoms with Crippen LogP contribution in [0, 0.1) is 13.8 Å². The minimum Gasteiger partial charge on any atom is -0.345 e. The molecule has 0 spiro atoms. The highest BCUT2D eigenvalue weighted by Gasteiger charge is 2.29. The number of sulfonamides is 1. The van der Waals surface area contributed by atoms with Gasteiger partial charge in [0.1, 0.15) is 0 Å². The van der Waals surface area contributed by atoms with Crippen molar-refractivity contribution in [2.24, 2.45) is 0 Å². The summed E-state index contributed by atoms with van der Waals surface area (Å²) in [5.41, 5.74) is 5.69. The van der Waals surface area contributed by atoms with E-state index in [1.165, 1.54) is 11.1 Å². The Kier molecular flexibility index (Phi) is 6.18. The number of aryl methyl sites for hydroxylation is 2. The zero-order valence-corrected chi connectivity index (χ0v) is 21.1. The highest BCUT2D eigenvalue weighted by molar-refractivity contribution is 7.89. The van der Waals surface area contributed by atoms with E-state index >= 15 is 0 Å². The molecule has 3 aromatic rings. The smallest absolute Gasteiger partial charge is 0.243 e. The van der Waals surface area contributed by atoms with Gasteiger partial charge in [0, 0.05) is 37.1 Å². The number of anilines is 1. The molecule has 0 N–H and O–H groups in total. The Morgan fingerprint density at radius 3 is 2.06 bits per heavy atom. The fourth-order valence-electron chi connectivity index (χ4n) is 4.06. The standard InChI is InChI=1S/C25H31N3O2S2/c1-18-14-19(2)16-20(15-18)23-17-31-24(26-23)27-10-12-28(13-11-27)32(29,30)22-8-6-21(7-9-22)25(3,4)5/h6-9,14-17H,10-13H2,1-5H3. The van der Waals surface area contributed by atoms with Gasteiger partial charge in [0.25, 0.3) is 0 Å². The van der Waals surface area contributed by atoms with Gasteiger partial charge in [-0.3, -0.25) is 0 Å². The number of aromatic nitrogens is 1. The second-order valence-corrected chi connectivity index (χ2v) is 12.3. The van der Waals surface area contributed by atoms with Crippen molar-refractivity contribution in [1.29, 1.82) is 0 Å². The van der Waals surface area contributed by atoms with Gasteiger partial charge in [0.2, 0.25) is 10.0 Å². The summed E-state index contributed by atoms with van der Waals surface area (Å²) in [6, 6.07) is 13.8. The topological polar surface area (TPSA) is 53.5 Å². The molecule has 2 heterocycles. The summed E-state index contributed by atoms with van der Waals surface area (Å²) in [5.74, 6) is 0. The lowest BCUT2D eigenvalue weighted by Gasteiger charge is -2.33. The Morgan fingerprint density at radius 1 is 0.906 bits per heavy atom. The molecule has 0 aliphatic carbocycles. The summed E-state index contributed by atoms with van der Waals surface area (Å²) in [6.07, 6.45) is 0. The van der Waals surface area contributed by atoms with Crippen LogP contribution in [0.3, 0.4) is 0 Å². The van der Waals surface area contributed by atoms with E-state index in [0.29, 0.717) is 31.1 Å². The van der Waals surface area contributed by atoms with Crippen LogP contribution in [0.4, 0.5) is 5.13 Å². The zero-order chi connectivity index (χ0) is 23.1. The molecule has 0 unspecified atom stereocenters. The number of hydrogen-bond acceptors (Lipinski definition) is 5. The van der Waals surface area contributed by atoms with Gasteiger partial charge in [0.15, 0.2) is 5.13 Å². The molecule has 1 aliphatic rings. The van der Waals surface area contributed by atoms with E-state index in [-0.39, 0.29) is 5.41 Å². The molecule has 2 aromatic carbocycles. The molecule has 1 aromatic heterocycles. The van der Waals surface area contributed by atoms with Crippen molar-refractivity contribution < 1.29 is 8.42 Å². The molecular weight excluding hydrogens is 438 g/mol. The third-order valence-electron chi connectivity index (χ3n) is 5.88. The second kappa shape index (κ2) is 8.61. The molecule has 1 fully saturated rings. The average molecular weight is 470 g/mol. The first-order valence-corrected chi connectivity index (χ1v) is 13.3. The maximum atomic E-state index is 13.1. The summed E-state index contributed by atoms with van der Waals surface area (Å²) in [4.78, 5) is 7.39. The van der Waals surface area contributed by atoms with E-state index in [1.54, 1.807) is 27.8 Å². The van der Waals surface area contributed by atoms with Crippen LogP contribution in [0.25, 0.3) is 11.3 Å². The number of rotatable bonds is 4. The Bertz CT molecular complexity index is 1180. The molecule has 1 aliphatic heterocycles. The van der Waals surface area contributed by atoms with Crippen LogP contribution in [-0.2, 0) is 15.4 Å². The van der Waals surface area contributed by atoms with Crippen LogP contribution in [0.2, 0.25) is 0 Å². The molecule has 5 nitrogen and oxygen atoms in total. The van der Waals surface area contributed by atoms with Gasteiger partial charge in [-0.2, -0.15) is 4.31 Å². The van der Waals surface area contributed by atoms with E-state index in [2.05, 4.69) is 63.1 Å². The Labute approximate surface area is 195 Å². The van der Waals surface area contributed by atoms with Gasteiger partial charge in [-0.1, -0.05) is 50.1 Å². The van der Waals surface area contributed by atoms with E-state index in [1.807, 2.05) is 12.1 Å². The molecule has 4 rings (SSSR count). The lowest BCUT2D eigenvalue weighted by molar-refractivity contribution is 0.384. The maximum Gasteiger partial charge on any atom is 0.243 e. The molecule has 0 radical (unpaired) electrons. The first kappa shape index (κ1) is 23.0. The van der Waals surface area contributed by atoms with Crippen molar-refractivity contribution in [3.05, 3.63) is 64.5 Å². The van der Waals surface area contributed by atoms with Gasteiger partial charge in [-0.25, -0.2) is 13.4 Å². The predicted octanol–water partition coefficient (Wildman–Crippen LogP) is 5.24. The fraction of sp³-hybridized carbons (Fsp3) is 0.400. The summed E-state index contributed by atoms with van der Waals surface area (Å²) < 4.78 is 27.9. The number of nitrogens with zero attached hydrogens (tertiary/aromatic N) is 3.